The average Bonchev–Trinajstić information content (AvgIpc) is 3.98. The van der Waals surface area contributed by atoms with Crippen molar-refractivity contribution in [2.45, 2.75) is 40.4 Å². The summed E-state index contributed by atoms with van der Waals surface area (Å²) in [5.74, 6) is 0.117. The van der Waals surface area contributed by atoms with Crippen LogP contribution in [-0.4, -0.2) is 79.1 Å². The summed E-state index contributed by atoms with van der Waals surface area (Å²) in [4.78, 5) is -1.40. The van der Waals surface area contributed by atoms with E-state index in [1.54, 1.807) is 92.7 Å². The number of benzene rings is 9. The van der Waals surface area contributed by atoms with E-state index in [4.69, 9.17) is 4.74 Å². The number of fused-ring (bicyclic) bond motifs is 5. The van der Waals surface area contributed by atoms with Crippen LogP contribution in [0.1, 0.15) is 16.7 Å². The number of nitrogens with zero attached hydrogens (tertiary/aromatic N) is 11. The maximum absolute atomic E-state index is 12.3. The van der Waals surface area contributed by atoms with Crippen LogP contribution < -0.4 is 4.74 Å². The smallest absolute Gasteiger partial charge is 0.296 e. The lowest BCUT2D eigenvalue weighted by molar-refractivity contribution is 0.416. The molecule has 25 nitrogen and oxygen atoms in total. The highest BCUT2D eigenvalue weighted by Gasteiger charge is 2.24. The summed E-state index contributed by atoms with van der Waals surface area (Å²) in [7, 11) is -17.9. The van der Waals surface area contributed by atoms with Gasteiger partial charge in [0.05, 0.1) is 46.1 Å². The van der Waals surface area contributed by atoms with E-state index in [0.29, 0.717) is 73.5 Å². The second-order valence-electron chi connectivity index (χ2n) is 18.0. The Morgan fingerprint density at radius 3 is 1.63 bits per heavy atom. The fraction of sp³-hybridized carbons (Fsp3) is 0.0769. The van der Waals surface area contributed by atoms with Gasteiger partial charge in [-0.3, -0.25) is 18.2 Å². The van der Waals surface area contributed by atoms with E-state index in [-0.39, 0.29) is 49.7 Å². The number of rotatable bonds is 14. The van der Waals surface area contributed by atoms with Crippen LogP contribution in [0.25, 0.3) is 49.0 Å². The van der Waals surface area contributed by atoms with Crippen LogP contribution in [0.15, 0.2) is 194 Å². The first-order chi connectivity index (χ1) is 38.2. The molecular formula is C52H39N11O14S4. The summed E-state index contributed by atoms with van der Waals surface area (Å²) in [6.07, 6.45) is 0. The van der Waals surface area contributed by atoms with Gasteiger partial charge in [-0.25, -0.2) is 0 Å². The second-order valence-corrected chi connectivity index (χ2v) is 23.6. The van der Waals surface area contributed by atoms with Crippen molar-refractivity contribution in [1.29, 1.82) is 0 Å². The molecular weight excluding hydrogens is 1130 g/mol. The van der Waals surface area contributed by atoms with Crippen molar-refractivity contribution in [3.63, 3.8) is 0 Å². The number of ether oxygens (including phenoxy) is 1. The molecule has 29 heteroatoms. The maximum atomic E-state index is 12.3. The Morgan fingerprint density at radius 2 is 1.00 bits per heavy atom. The summed E-state index contributed by atoms with van der Waals surface area (Å²) in [6.45, 7) is 5.32. The number of hydrogen-bond donors (Lipinski definition) is 5. The van der Waals surface area contributed by atoms with E-state index < -0.39 is 60.1 Å². The number of phenols is 1. The molecule has 10 rings (SSSR count). The summed E-state index contributed by atoms with van der Waals surface area (Å²) >= 11 is 0. The van der Waals surface area contributed by atoms with Gasteiger partial charge in [0.15, 0.2) is 5.75 Å². The molecule has 0 aliphatic heterocycles. The van der Waals surface area contributed by atoms with Crippen LogP contribution in [0.5, 0.6) is 11.5 Å². The number of hydrogen-bond acceptors (Lipinski definition) is 20. The lowest BCUT2D eigenvalue weighted by Gasteiger charge is -2.08. The van der Waals surface area contributed by atoms with Gasteiger partial charge in [-0.1, -0.05) is 24.3 Å². The number of aromatic hydroxyl groups is 1. The van der Waals surface area contributed by atoms with Crippen molar-refractivity contribution in [2.24, 2.45) is 40.9 Å². The Hall–Kier alpha value is -9.20. The van der Waals surface area contributed by atoms with E-state index >= 15 is 0 Å². The Kier molecular flexibility index (Phi) is 14.2. The zero-order valence-electron chi connectivity index (χ0n) is 42.2. The molecule has 0 fully saturated rings. The third-order valence-corrected chi connectivity index (χ3v) is 16.1. The van der Waals surface area contributed by atoms with E-state index in [1.807, 2.05) is 6.92 Å². The molecule has 410 valence electrons. The van der Waals surface area contributed by atoms with Crippen molar-refractivity contribution in [2.75, 3.05) is 7.11 Å². The highest BCUT2D eigenvalue weighted by molar-refractivity contribution is 7.87. The van der Waals surface area contributed by atoms with Gasteiger partial charge < -0.3 is 9.84 Å². The van der Waals surface area contributed by atoms with Crippen molar-refractivity contribution >= 4 is 129 Å². The van der Waals surface area contributed by atoms with Crippen molar-refractivity contribution in [3.05, 3.63) is 150 Å². The fourth-order valence-electron chi connectivity index (χ4n) is 8.58. The van der Waals surface area contributed by atoms with E-state index in [9.17, 15) is 57.0 Å². The predicted molar refractivity (Wildman–Crippen MR) is 296 cm³/mol. The summed E-state index contributed by atoms with van der Waals surface area (Å²) in [5, 5.41) is 55.6. The van der Waals surface area contributed by atoms with E-state index in [2.05, 4.69) is 51.1 Å². The molecule has 0 bridgehead atoms. The van der Waals surface area contributed by atoms with Crippen LogP contribution in [-0.2, 0) is 40.5 Å². The molecule has 1 heterocycles. The Balaban J connectivity index is 0.827. The van der Waals surface area contributed by atoms with Gasteiger partial charge in [0.1, 0.15) is 48.5 Å². The molecule has 0 amide bonds. The van der Waals surface area contributed by atoms with Gasteiger partial charge in [-0.15, -0.1) is 25.5 Å². The first-order valence-corrected chi connectivity index (χ1v) is 29.1. The van der Waals surface area contributed by atoms with Crippen LogP contribution in [0, 0.1) is 20.8 Å². The normalized spacial score (nSPS) is 12.9. The number of phenolic OH excluding ortho intramolecular Hbond substituents is 1. The van der Waals surface area contributed by atoms with E-state index in [0.717, 1.165) is 29.8 Å². The number of azo groups is 4. The summed E-state index contributed by atoms with van der Waals surface area (Å²) in [6, 6.07) is 31.9. The zero-order valence-corrected chi connectivity index (χ0v) is 45.4. The quantitative estimate of drug-likeness (QED) is 0.0499. The Morgan fingerprint density at radius 1 is 0.432 bits per heavy atom. The molecule has 5 N–H and O–H groups in total. The molecule has 0 aliphatic rings. The van der Waals surface area contributed by atoms with Crippen molar-refractivity contribution in [1.82, 2.24) is 15.0 Å². The fourth-order valence-corrected chi connectivity index (χ4v) is 11.3. The zero-order chi connectivity index (χ0) is 57.9. The minimum absolute atomic E-state index is 0.0124. The summed E-state index contributed by atoms with van der Waals surface area (Å²) < 4.78 is 142. The molecule has 1 aromatic heterocycles. The molecule has 0 saturated heterocycles. The van der Waals surface area contributed by atoms with Crippen molar-refractivity contribution in [3.8, 4) is 17.2 Å². The molecule has 0 aliphatic carbocycles. The second kappa shape index (κ2) is 20.8. The van der Waals surface area contributed by atoms with Gasteiger partial charge in [-0.05, 0) is 151 Å². The van der Waals surface area contributed by atoms with Gasteiger partial charge in [0, 0.05) is 27.6 Å². The maximum Gasteiger partial charge on any atom is 0.296 e. The molecule has 81 heavy (non-hydrogen) atoms. The third kappa shape index (κ3) is 11.4. The molecule has 0 spiro atoms. The van der Waals surface area contributed by atoms with E-state index in [1.165, 1.54) is 36.2 Å². The standard InChI is InChI=1S/C52H39N11O14S4/c1-27-18-33(9-15-40(27)55-53-32-10-16-41(28(2)19-32)56-60-46-25-38-30(22-50(46)81(74,75)76)6-5-7-48(38)79(68,69)70)54-58-44-26-47(77-4)45(20-29(44)3)59-57-43-14-8-31-21-34(11-12-36(31)52(43)64)63-61-42-17-13-37-39(51(42)62-63)23-35(78(65,66)67)24-49(37)80(71,72)73/h5-26,64H,1-4H3,(H,65,66,67)(H,68,69,70)(H,71,72,73)(H,74,75,76). The highest BCUT2D eigenvalue weighted by atomic mass is 32.2. The first kappa shape index (κ1) is 55.1. The Labute approximate surface area is 459 Å². The lowest BCUT2D eigenvalue weighted by Crippen LogP contribution is -2.04. The van der Waals surface area contributed by atoms with Crippen LogP contribution in [0.2, 0.25) is 0 Å². The SMILES string of the molecule is COc1cc(N=Nc2ccc(N=Nc3ccc(N=Nc4cc5c(S(=O)(=O)O)cccc5cc4S(=O)(=O)O)c(C)c3)c(C)c2)c(C)cc1N=Nc1ccc2cc(-n3nc4ccc5c(S(=O)(=O)O)cc(S(=O)(=O)O)cc5c4n3)ccc2c1O. The lowest BCUT2D eigenvalue weighted by atomic mass is 10.1. The molecule has 10 aromatic rings. The first-order valence-electron chi connectivity index (χ1n) is 23.4. The number of methoxy groups -OCH3 is 1. The number of aromatic nitrogens is 3. The van der Waals surface area contributed by atoms with Gasteiger partial charge in [0.2, 0.25) is 0 Å². The predicted octanol–water partition coefficient (Wildman–Crippen LogP) is 13.2. The molecule has 0 unspecified atom stereocenters. The van der Waals surface area contributed by atoms with Crippen LogP contribution in [0.4, 0.5) is 45.5 Å². The number of aryl methyl sites for hydroxylation is 3. The average molecular weight is 1170 g/mol. The topological polar surface area (TPSA) is 377 Å². The third-order valence-electron chi connectivity index (χ3n) is 12.6. The van der Waals surface area contributed by atoms with Crippen LogP contribution >= 0.6 is 0 Å². The summed E-state index contributed by atoms with van der Waals surface area (Å²) in [5.41, 5.74) is 5.02. The minimum atomic E-state index is -4.93. The largest absolute Gasteiger partial charge is 0.505 e. The van der Waals surface area contributed by atoms with Crippen LogP contribution in [0.3, 0.4) is 0 Å². The van der Waals surface area contributed by atoms with Crippen molar-refractivity contribution < 1.29 is 61.7 Å². The molecule has 0 atom stereocenters. The Bertz CT molecular complexity index is 4940. The minimum Gasteiger partial charge on any atom is -0.505 e. The highest BCUT2D eigenvalue weighted by Crippen LogP contribution is 2.41. The van der Waals surface area contributed by atoms with Gasteiger partial charge in [-0.2, -0.15) is 64.0 Å². The molecule has 0 saturated carbocycles. The molecule has 9 aromatic carbocycles. The molecule has 0 radical (unpaired) electrons. The van der Waals surface area contributed by atoms with Gasteiger partial charge in [0.25, 0.3) is 40.5 Å². The monoisotopic (exact) mass is 1170 g/mol. The van der Waals surface area contributed by atoms with Gasteiger partial charge >= 0.3 is 0 Å².